The Balaban J connectivity index is 1.25. The minimum atomic E-state index is 0.0541. The molecule has 0 radical (unpaired) electrons. The number of amides is 1. The molecule has 5 nitrogen and oxygen atoms in total. The Kier molecular flexibility index (Phi) is 4.72. The molecule has 0 spiro atoms. The molecule has 3 aliphatic rings. The van der Waals surface area contributed by atoms with Gasteiger partial charge in [-0.15, -0.1) is 0 Å². The molecule has 1 saturated carbocycles. The predicted octanol–water partition coefficient (Wildman–Crippen LogP) is 1.75. The summed E-state index contributed by atoms with van der Waals surface area (Å²) in [4.78, 5) is 14.7. The zero-order valence-electron chi connectivity index (χ0n) is 14.1. The summed E-state index contributed by atoms with van der Waals surface area (Å²) in [5.74, 6) is 1.05. The van der Waals surface area contributed by atoms with E-state index in [1.165, 1.54) is 18.4 Å². The monoisotopic (exact) mass is 330 g/mol. The molecule has 1 aliphatic carbocycles. The van der Waals surface area contributed by atoms with E-state index in [1.54, 1.807) is 0 Å². The first-order chi connectivity index (χ1) is 11.8. The van der Waals surface area contributed by atoms with E-state index in [-0.39, 0.29) is 12.0 Å². The lowest BCUT2D eigenvalue weighted by Crippen LogP contribution is -2.55. The maximum Gasteiger partial charge on any atom is 0.234 e. The van der Waals surface area contributed by atoms with Crippen LogP contribution in [0.2, 0.25) is 0 Å². The SMILES string of the molecule is O=C(CN1CCO[C@@H]2CCCC[C@@H]21)NC[C@@H]1Cc2ccccc2O1. The van der Waals surface area contributed by atoms with Crippen LogP contribution in [0, 0.1) is 0 Å². The van der Waals surface area contributed by atoms with Gasteiger partial charge in [0.1, 0.15) is 11.9 Å². The summed E-state index contributed by atoms with van der Waals surface area (Å²) in [7, 11) is 0. The topological polar surface area (TPSA) is 50.8 Å². The number of carbonyl (C=O) groups is 1. The Morgan fingerprint density at radius 1 is 1.25 bits per heavy atom. The first kappa shape index (κ1) is 15.9. The summed E-state index contributed by atoms with van der Waals surface area (Å²) in [5.41, 5.74) is 1.23. The number of para-hydroxylation sites is 1. The number of carbonyl (C=O) groups excluding carboxylic acids is 1. The third-order valence-electron chi connectivity index (χ3n) is 5.43. The zero-order chi connectivity index (χ0) is 16.4. The summed E-state index contributed by atoms with van der Waals surface area (Å²) in [6, 6.07) is 8.52. The summed E-state index contributed by atoms with van der Waals surface area (Å²) in [5, 5.41) is 3.06. The van der Waals surface area contributed by atoms with Gasteiger partial charge in [0, 0.05) is 19.0 Å². The number of ether oxygens (including phenoxy) is 2. The van der Waals surface area contributed by atoms with E-state index in [1.807, 2.05) is 18.2 Å². The van der Waals surface area contributed by atoms with Crippen molar-refractivity contribution >= 4 is 5.91 Å². The van der Waals surface area contributed by atoms with Crippen molar-refractivity contribution in [3.05, 3.63) is 29.8 Å². The van der Waals surface area contributed by atoms with Crippen molar-refractivity contribution in [2.24, 2.45) is 0 Å². The summed E-state index contributed by atoms with van der Waals surface area (Å²) in [6.45, 7) is 2.66. The number of fused-ring (bicyclic) bond motifs is 2. The maximum atomic E-state index is 12.4. The molecule has 0 aromatic heterocycles. The van der Waals surface area contributed by atoms with Gasteiger partial charge in [-0.25, -0.2) is 0 Å². The zero-order valence-corrected chi connectivity index (χ0v) is 14.1. The standard InChI is InChI=1S/C19H26N2O3/c22-19(13-21-9-10-23-18-8-4-2-6-16(18)21)20-12-15-11-14-5-1-3-7-17(14)24-15/h1,3,5,7,15-16,18H,2,4,6,8-13H2,(H,20,22)/t15-,16-,18+/m0/s1. The minimum Gasteiger partial charge on any atom is -0.488 e. The highest BCUT2D eigenvalue weighted by molar-refractivity contribution is 5.78. The third-order valence-corrected chi connectivity index (χ3v) is 5.43. The minimum absolute atomic E-state index is 0.0541. The van der Waals surface area contributed by atoms with Crippen LogP contribution in [0.4, 0.5) is 0 Å². The molecule has 3 atom stereocenters. The first-order valence-corrected chi connectivity index (χ1v) is 9.16. The highest BCUT2D eigenvalue weighted by Gasteiger charge is 2.35. The van der Waals surface area contributed by atoms with Crippen molar-refractivity contribution in [3.63, 3.8) is 0 Å². The van der Waals surface area contributed by atoms with Crippen molar-refractivity contribution in [2.45, 2.75) is 50.4 Å². The summed E-state index contributed by atoms with van der Waals surface area (Å²) >= 11 is 0. The molecule has 1 N–H and O–H groups in total. The molecular formula is C19H26N2O3. The molecule has 130 valence electrons. The van der Waals surface area contributed by atoms with Gasteiger partial charge >= 0.3 is 0 Å². The second-order valence-electron chi connectivity index (χ2n) is 7.09. The summed E-state index contributed by atoms with van der Waals surface area (Å²) in [6.07, 6.45) is 6.04. The quantitative estimate of drug-likeness (QED) is 0.914. The van der Waals surface area contributed by atoms with Gasteiger partial charge in [0.15, 0.2) is 0 Å². The van der Waals surface area contributed by atoms with E-state index < -0.39 is 0 Å². The Morgan fingerprint density at radius 2 is 2.12 bits per heavy atom. The highest BCUT2D eigenvalue weighted by atomic mass is 16.5. The van der Waals surface area contributed by atoms with Gasteiger partial charge in [-0.3, -0.25) is 9.69 Å². The average molecular weight is 330 g/mol. The second-order valence-corrected chi connectivity index (χ2v) is 7.09. The number of nitrogens with zero attached hydrogens (tertiary/aromatic N) is 1. The number of morpholine rings is 1. The van der Waals surface area contributed by atoms with E-state index >= 15 is 0 Å². The lowest BCUT2D eigenvalue weighted by Gasteiger charge is -2.43. The molecule has 1 aromatic carbocycles. The smallest absolute Gasteiger partial charge is 0.234 e. The van der Waals surface area contributed by atoms with Crippen molar-refractivity contribution in [1.29, 1.82) is 0 Å². The van der Waals surface area contributed by atoms with E-state index in [2.05, 4.69) is 16.3 Å². The number of rotatable bonds is 4. The van der Waals surface area contributed by atoms with Gasteiger partial charge in [0.25, 0.3) is 0 Å². The number of hydrogen-bond acceptors (Lipinski definition) is 4. The summed E-state index contributed by atoms with van der Waals surface area (Å²) < 4.78 is 11.8. The molecule has 1 amide bonds. The number of benzene rings is 1. The molecule has 1 saturated heterocycles. The molecule has 5 heteroatoms. The predicted molar refractivity (Wildman–Crippen MR) is 91.1 cm³/mol. The Hall–Kier alpha value is -1.59. The van der Waals surface area contributed by atoms with Gasteiger partial charge in [-0.1, -0.05) is 31.0 Å². The largest absolute Gasteiger partial charge is 0.488 e. The van der Waals surface area contributed by atoms with Gasteiger partial charge in [0.2, 0.25) is 5.91 Å². The molecular weight excluding hydrogens is 304 g/mol. The molecule has 1 aromatic rings. The van der Waals surface area contributed by atoms with E-state index in [0.717, 1.165) is 38.2 Å². The molecule has 0 unspecified atom stereocenters. The Labute approximate surface area is 143 Å². The fourth-order valence-electron chi connectivity index (χ4n) is 4.21. The molecule has 4 rings (SSSR count). The number of hydrogen-bond donors (Lipinski definition) is 1. The van der Waals surface area contributed by atoms with Crippen LogP contribution >= 0.6 is 0 Å². The van der Waals surface area contributed by atoms with E-state index in [9.17, 15) is 4.79 Å². The maximum absolute atomic E-state index is 12.4. The van der Waals surface area contributed by atoms with E-state index in [4.69, 9.17) is 9.47 Å². The molecule has 2 fully saturated rings. The number of nitrogens with one attached hydrogen (secondary N) is 1. The third kappa shape index (κ3) is 3.42. The average Bonchev–Trinajstić information content (AvgIpc) is 3.03. The lowest BCUT2D eigenvalue weighted by molar-refractivity contribution is -0.129. The molecule has 2 aliphatic heterocycles. The lowest BCUT2D eigenvalue weighted by atomic mass is 9.90. The van der Waals surface area contributed by atoms with Crippen molar-refractivity contribution < 1.29 is 14.3 Å². The Morgan fingerprint density at radius 3 is 3.04 bits per heavy atom. The van der Waals surface area contributed by atoms with Crippen molar-refractivity contribution in [3.8, 4) is 5.75 Å². The van der Waals surface area contributed by atoms with Gasteiger partial charge < -0.3 is 14.8 Å². The van der Waals surface area contributed by atoms with Crippen LogP contribution in [0.25, 0.3) is 0 Å². The molecule has 2 heterocycles. The van der Waals surface area contributed by atoms with E-state index in [0.29, 0.717) is 25.2 Å². The normalized spacial score (nSPS) is 29.4. The molecule has 24 heavy (non-hydrogen) atoms. The molecule has 0 bridgehead atoms. The fraction of sp³-hybridized carbons (Fsp3) is 0.632. The first-order valence-electron chi connectivity index (χ1n) is 9.16. The van der Waals surface area contributed by atoms with Crippen LogP contribution in [0.5, 0.6) is 5.75 Å². The van der Waals surface area contributed by atoms with Crippen LogP contribution in [0.15, 0.2) is 24.3 Å². The van der Waals surface area contributed by atoms with Crippen LogP contribution < -0.4 is 10.1 Å². The van der Waals surface area contributed by atoms with Crippen LogP contribution in [-0.4, -0.2) is 55.3 Å². The Bertz CT molecular complexity index is 565. The van der Waals surface area contributed by atoms with Gasteiger partial charge in [-0.05, 0) is 24.5 Å². The van der Waals surface area contributed by atoms with Gasteiger partial charge in [-0.2, -0.15) is 0 Å². The second kappa shape index (κ2) is 7.11. The van der Waals surface area contributed by atoms with Gasteiger partial charge in [0.05, 0.1) is 25.8 Å². The van der Waals surface area contributed by atoms with Crippen LogP contribution in [0.1, 0.15) is 31.2 Å². The van der Waals surface area contributed by atoms with Crippen molar-refractivity contribution in [2.75, 3.05) is 26.2 Å². The van der Waals surface area contributed by atoms with Crippen LogP contribution in [0.3, 0.4) is 0 Å². The fourth-order valence-corrected chi connectivity index (χ4v) is 4.21. The van der Waals surface area contributed by atoms with Crippen LogP contribution in [-0.2, 0) is 16.0 Å². The van der Waals surface area contributed by atoms with Crippen molar-refractivity contribution in [1.82, 2.24) is 10.2 Å². The highest BCUT2D eigenvalue weighted by Crippen LogP contribution is 2.29.